The van der Waals surface area contributed by atoms with E-state index in [1.165, 1.54) is 11.1 Å². The predicted molar refractivity (Wildman–Crippen MR) is 63.3 cm³/mol. The van der Waals surface area contributed by atoms with E-state index in [0.29, 0.717) is 0 Å². The summed E-state index contributed by atoms with van der Waals surface area (Å²) < 4.78 is 0. The summed E-state index contributed by atoms with van der Waals surface area (Å²) in [4.78, 5) is 0. The number of rotatable bonds is 4. The van der Waals surface area contributed by atoms with E-state index >= 15 is 0 Å². The molecule has 0 radical (unpaired) electrons. The normalized spacial score (nSPS) is 12.3. The van der Waals surface area contributed by atoms with Crippen LogP contribution >= 0.6 is 0 Å². The Morgan fingerprint density at radius 3 is 2.50 bits per heavy atom. The third-order valence-electron chi connectivity index (χ3n) is 2.10. The average Bonchev–Trinajstić information content (AvgIpc) is 2.20. The number of benzene rings is 1. The van der Waals surface area contributed by atoms with Gasteiger partial charge >= 0.3 is 0 Å². The van der Waals surface area contributed by atoms with Gasteiger partial charge in [-0.3, -0.25) is 0 Å². The van der Waals surface area contributed by atoms with Crippen molar-refractivity contribution in [2.45, 2.75) is 26.7 Å². The maximum atomic E-state index is 2.28. The minimum Gasteiger partial charge on any atom is -0.0874 e. The van der Waals surface area contributed by atoms with Gasteiger partial charge in [-0.1, -0.05) is 55.5 Å². The number of allylic oxidation sites excluding steroid dienone is 4. The molecular formula is C14H18. The third kappa shape index (κ3) is 3.61. The van der Waals surface area contributed by atoms with Gasteiger partial charge in [0.2, 0.25) is 0 Å². The van der Waals surface area contributed by atoms with Crippen molar-refractivity contribution in [3.8, 4) is 0 Å². The molecule has 0 bridgehead atoms. The van der Waals surface area contributed by atoms with Gasteiger partial charge in [-0.25, -0.2) is 0 Å². The fourth-order valence-corrected chi connectivity index (χ4v) is 1.51. The first-order chi connectivity index (χ1) is 6.86. The van der Waals surface area contributed by atoms with Gasteiger partial charge in [0, 0.05) is 0 Å². The summed E-state index contributed by atoms with van der Waals surface area (Å²) in [6, 6.07) is 10.6. The zero-order chi connectivity index (χ0) is 10.2. The largest absolute Gasteiger partial charge is 0.0874 e. The van der Waals surface area contributed by atoms with Crippen LogP contribution in [0.25, 0.3) is 0 Å². The maximum Gasteiger partial charge on any atom is -0.00291 e. The molecule has 0 saturated carbocycles. The van der Waals surface area contributed by atoms with Gasteiger partial charge < -0.3 is 0 Å². The molecule has 0 heteroatoms. The Balaban J connectivity index is 2.70. The Morgan fingerprint density at radius 1 is 1.21 bits per heavy atom. The Morgan fingerprint density at radius 2 is 1.93 bits per heavy atom. The molecule has 0 nitrogen and oxygen atoms in total. The lowest BCUT2D eigenvalue weighted by Crippen LogP contribution is -1.87. The monoisotopic (exact) mass is 186 g/mol. The highest BCUT2D eigenvalue weighted by molar-refractivity contribution is 5.27. The van der Waals surface area contributed by atoms with Crippen LogP contribution in [-0.2, 0) is 6.42 Å². The molecule has 74 valence electrons. The lowest BCUT2D eigenvalue weighted by Gasteiger charge is -2.02. The van der Waals surface area contributed by atoms with Gasteiger partial charge in [-0.2, -0.15) is 0 Å². The van der Waals surface area contributed by atoms with Crippen LogP contribution in [0.1, 0.15) is 25.8 Å². The van der Waals surface area contributed by atoms with Gasteiger partial charge in [-0.05, 0) is 30.9 Å². The van der Waals surface area contributed by atoms with E-state index in [9.17, 15) is 0 Å². The minimum absolute atomic E-state index is 1.04. The highest BCUT2D eigenvalue weighted by Gasteiger charge is 1.94. The third-order valence-corrected chi connectivity index (χ3v) is 2.10. The number of hydrogen-bond donors (Lipinski definition) is 0. The molecule has 0 fully saturated rings. The van der Waals surface area contributed by atoms with Crippen molar-refractivity contribution in [1.29, 1.82) is 0 Å². The van der Waals surface area contributed by atoms with Crippen molar-refractivity contribution >= 4 is 0 Å². The zero-order valence-electron chi connectivity index (χ0n) is 9.03. The standard InChI is InChI=1S/C14H18/c1-3-8-13(9-4-2)12-14-10-6-5-7-11-14/h3,5-11H,4,12H2,1-2H3/b8-3-,13-9+. The van der Waals surface area contributed by atoms with Crippen molar-refractivity contribution in [3.05, 3.63) is 59.7 Å². The van der Waals surface area contributed by atoms with Crippen LogP contribution < -0.4 is 0 Å². The molecule has 14 heavy (non-hydrogen) atoms. The lowest BCUT2D eigenvalue weighted by molar-refractivity contribution is 1.13. The molecule has 0 atom stereocenters. The highest BCUT2D eigenvalue weighted by Crippen LogP contribution is 2.09. The summed E-state index contributed by atoms with van der Waals surface area (Å²) >= 11 is 0. The van der Waals surface area contributed by atoms with E-state index in [0.717, 1.165) is 12.8 Å². The first kappa shape index (κ1) is 10.8. The molecule has 0 aromatic heterocycles. The van der Waals surface area contributed by atoms with Crippen molar-refractivity contribution < 1.29 is 0 Å². The van der Waals surface area contributed by atoms with Gasteiger partial charge in [0.15, 0.2) is 0 Å². The summed E-state index contributed by atoms with van der Waals surface area (Å²) in [5.41, 5.74) is 2.78. The fourth-order valence-electron chi connectivity index (χ4n) is 1.51. The van der Waals surface area contributed by atoms with E-state index in [2.05, 4.69) is 62.4 Å². The van der Waals surface area contributed by atoms with Crippen LogP contribution in [0.3, 0.4) is 0 Å². The molecule has 0 aliphatic rings. The topological polar surface area (TPSA) is 0 Å². The molecular weight excluding hydrogens is 168 g/mol. The summed E-state index contributed by atoms with van der Waals surface area (Å²) in [5.74, 6) is 0. The first-order valence-electron chi connectivity index (χ1n) is 5.22. The van der Waals surface area contributed by atoms with Gasteiger partial charge in [0.25, 0.3) is 0 Å². The second-order valence-electron chi connectivity index (χ2n) is 3.35. The molecule has 0 amide bonds. The molecule has 0 heterocycles. The summed E-state index contributed by atoms with van der Waals surface area (Å²) in [7, 11) is 0. The maximum absolute atomic E-state index is 2.28. The van der Waals surface area contributed by atoms with Crippen molar-refractivity contribution in [2.24, 2.45) is 0 Å². The van der Waals surface area contributed by atoms with Crippen LogP contribution in [0.2, 0.25) is 0 Å². The minimum atomic E-state index is 1.04. The van der Waals surface area contributed by atoms with Crippen molar-refractivity contribution in [3.63, 3.8) is 0 Å². The molecule has 0 N–H and O–H groups in total. The van der Waals surface area contributed by atoms with Gasteiger partial charge in [-0.15, -0.1) is 0 Å². The van der Waals surface area contributed by atoms with Crippen LogP contribution in [-0.4, -0.2) is 0 Å². The molecule has 1 aromatic carbocycles. The lowest BCUT2D eigenvalue weighted by atomic mass is 10.0. The van der Waals surface area contributed by atoms with E-state index in [1.807, 2.05) is 0 Å². The molecule has 0 unspecified atom stereocenters. The molecule has 0 saturated heterocycles. The predicted octanol–water partition coefficient (Wildman–Crippen LogP) is 4.14. The molecule has 1 rings (SSSR count). The molecule has 1 aromatic rings. The van der Waals surface area contributed by atoms with E-state index < -0.39 is 0 Å². The second kappa shape index (κ2) is 6.20. The number of hydrogen-bond acceptors (Lipinski definition) is 0. The molecule has 0 aliphatic heterocycles. The Kier molecular flexibility index (Phi) is 4.77. The van der Waals surface area contributed by atoms with Crippen LogP contribution in [0, 0.1) is 0 Å². The smallest absolute Gasteiger partial charge is 0.00291 e. The highest BCUT2D eigenvalue weighted by atomic mass is 14.0. The summed E-state index contributed by atoms with van der Waals surface area (Å²) in [6.45, 7) is 4.24. The Labute approximate surface area is 87.0 Å². The molecule has 0 spiro atoms. The van der Waals surface area contributed by atoms with Crippen LogP contribution in [0.5, 0.6) is 0 Å². The van der Waals surface area contributed by atoms with E-state index in [1.54, 1.807) is 0 Å². The second-order valence-corrected chi connectivity index (χ2v) is 3.35. The van der Waals surface area contributed by atoms with Gasteiger partial charge in [0.1, 0.15) is 0 Å². The first-order valence-corrected chi connectivity index (χ1v) is 5.22. The zero-order valence-corrected chi connectivity index (χ0v) is 9.03. The Bertz CT molecular complexity index is 304. The Hall–Kier alpha value is -1.30. The molecule has 0 aliphatic carbocycles. The average molecular weight is 186 g/mol. The summed E-state index contributed by atoms with van der Waals surface area (Å²) in [5, 5.41) is 0. The van der Waals surface area contributed by atoms with Crippen LogP contribution in [0.4, 0.5) is 0 Å². The van der Waals surface area contributed by atoms with Gasteiger partial charge in [0.05, 0.1) is 0 Å². The van der Waals surface area contributed by atoms with Crippen molar-refractivity contribution in [2.75, 3.05) is 0 Å². The van der Waals surface area contributed by atoms with Crippen molar-refractivity contribution in [1.82, 2.24) is 0 Å². The fraction of sp³-hybridized carbons (Fsp3) is 0.286. The van der Waals surface area contributed by atoms with E-state index in [-0.39, 0.29) is 0 Å². The summed E-state index contributed by atoms with van der Waals surface area (Å²) in [6.07, 6.45) is 8.72. The van der Waals surface area contributed by atoms with Crippen LogP contribution in [0.15, 0.2) is 54.1 Å². The van der Waals surface area contributed by atoms with E-state index in [4.69, 9.17) is 0 Å². The SMILES string of the molecule is C/C=C\C(=C/CC)Cc1ccccc1. The quantitative estimate of drug-likeness (QED) is 0.620.